The second kappa shape index (κ2) is 8.62. The van der Waals surface area contributed by atoms with Crippen LogP contribution < -0.4 is 10.9 Å². The second-order valence-electron chi connectivity index (χ2n) is 6.32. The lowest BCUT2D eigenvalue weighted by molar-refractivity contribution is 0.0846. The summed E-state index contributed by atoms with van der Waals surface area (Å²) in [4.78, 5) is 32.0. The molecule has 7 heteroatoms. The van der Waals surface area contributed by atoms with Crippen molar-refractivity contribution in [3.05, 3.63) is 95.6 Å². The summed E-state index contributed by atoms with van der Waals surface area (Å²) in [5.74, 6) is -0.00417. The fourth-order valence-corrected chi connectivity index (χ4v) is 3.59. The number of rotatable bonds is 5. The molecule has 0 radical (unpaired) electrons. The van der Waals surface area contributed by atoms with Gasteiger partial charge in [-0.05, 0) is 42.0 Å². The number of imidazole rings is 1. The molecule has 3 aromatic carbocycles. The van der Waals surface area contributed by atoms with Crippen molar-refractivity contribution < 1.29 is 9.59 Å². The number of amides is 2. The zero-order chi connectivity index (χ0) is 20.1. The number of aromatic nitrogens is 2. The second-order valence-corrected chi connectivity index (χ2v) is 7.28. The molecule has 1 aromatic heterocycles. The van der Waals surface area contributed by atoms with Crippen LogP contribution in [0.25, 0.3) is 11.0 Å². The van der Waals surface area contributed by atoms with Crippen molar-refractivity contribution in [2.75, 3.05) is 0 Å². The quantitative estimate of drug-likeness (QED) is 0.349. The molecule has 2 amide bonds. The predicted molar refractivity (Wildman–Crippen MR) is 113 cm³/mol. The molecule has 0 saturated carbocycles. The van der Waals surface area contributed by atoms with Gasteiger partial charge >= 0.3 is 0 Å². The minimum Gasteiger partial charge on any atom is -0.333 e. The van der Waals surface area contributed by atoms with Gasteiger partial charge in [0.2, 0.25) is 0 Å². The average Bonchev–Trinajstić information content (AvgIpc) is 3.20. The van der Waals surface area contributed by atoms with Gasteiger partial charge in [0.05, 0.1) is 11.0 Å². The van der Waals surface area contributed by atoms with Crippen LogP contribution in [0, 0.1) is 0 Å². The highest BCUT2D eigenvalue weighted by Gasteiger charge is 2.09. The van der Waals surface area contributed by atoms with E-state index in [9.17, 15) is 9.59 Å². The minimum atomic E-state index is -0.370. The molecule has 4 rings (SSSR count). The number of aromatic amines is 1. The van der Waals surface area contributed by atoms with Crippen LogP contribution in [0.1, 0.15) is 26.3 Å². The molecule has 144 valence electrons. The number of carbonyl (C=O) groups is 2. The maximum absolute atomic E-state index is 12.2. The summed E-state index contributed by atoms with van der Waals surface area (Å²) in [6, 6.07) is 23.9. The van der Waals surface area contributed by atoms with Gasteiger partial charge in [-0.25, -0.2) is 4.98 Å². The van der Waals surface area contributed by atoms with Crippen LogP contribution in [0.3, 0.4) is 0 Å². The first kappa shape index (κ1) is 18.8. The van der Waals surface area contributed by atoms with Crippen molar-refractivity contribution in [2.24, 2.45) is 0 Å². The Morgan fingerprint density at radius 1 is 0.793 bits per heavy atom. The maximum Gasteiger partial charge on any atom is 0.269 e. The topological polar surface area (TPSA) is 86.9 Å². The number of nitrogens with one attached hydrogen (secondary N) is 3. The number of nitrogens with zero attached hydrogens (tertiary/aromatic N) is 1. The lowest BCUT2D eigenvalue weighted by atomic mass is 10.1. The van der Waals surface area contributed by atoms with Crippen molar-refractivity contribution in [1.29, 1.82) is 0 Å². The third-order valence-electron chi connectivity index (χ3n) is 4.28. The van der Waals surface area contributed by atoms with Gasteiger partial charge in [-0.2, -0.15) is 0 Å². The van der Waals surface area contributed by atoms with Crippen molar-refractivity contribution in [3.63, 3.8) is 0 Å². The molecular weight excluding hydrogens is 384 g/mol. The van der Waals surface area contributed by atoms with Crippen LogP contribution in [0.2, 0.25) is 0 Å². The molecule has 0 unspecified atom stereocenters. The molecule has 3 N–H and O–H groups in total. The van der Waals surface area contributed by atoms with Gasteiger partial charge < -0.3 is 4.98 Å². The molecule has 0 saturated heterocycles. The standard InChI is InChI=1S/C22H18N4O2S/c27-20(16-6-2-1-3-7-16)25-26-21(28)17-12-10-15(11-13-17)14-29-22-23-18-8-4-5-9-19(18)24-22/h1-13H,14H2,(H,23,24)(H,25,27)(H,26,28). The van der Waals surface area contributed by atoms with E-state index in [-0.39, 0.29) is 11.8 Å². The van der Waals surface area contributed by atoms with E-state index >= 15 is 0 Å². The van der Waals surface area contributed by atoms with Crippen LogP contribution in [-0.2, 0) is 5.75 Å². The molecule has 29 heavy (non-hydrogen) atoms. The fourth-order valence-electron chi connectivity index (χ4n) is 2.75. The molecule has 6 nitrogen and oxygen atoms in total. The molecule has 4 aromatic rings. The smallest absolute Gasteiger partial charge is 0.269 e. The number of hydrogen-bond acceptors (Lipinski definition) is 4. The van der Waals surface area contributed by atoms with E-state index in [0.717, 1.165) is 27.5 Å². The van der Waals surface area contributed by atoms with Crippen molar-refractivity contribution in [3.8, 4) is 0 Å². The summed E-state index contributed by atoms with van der Waals surface area (Å²) in [6.45, 7) is 0. The summed E-state index contributed by atoms with van der Waals surface area (Å²) in [6.07, 6.45) is 0. The average molecular weight is 402 g/mol. The number of H-pyrrole nitrogens is 1. The zero-order valence-corrected chi connectivity index (χ0v) is 16.2. The SMILES string of the molecule is O=C(NNC(=O)c1ccc(CSc2nc3ccccc3[nH]2)cc1)c1ccccc1. The van der Waals surface area contributed by atoms with Gasteiger partial charge in [-0.15, -0.1) is 0 Å². The summed E-state index contributed by atoms with van der Waals surface area (Å²) in [5, 5.41) is 0.858. The van der Waals surface area contributed by atoms with E-state index < -0.39 is 0 Å². The largest absolute Gasteiger partial charge is 0.333 e. The van der Waals surface area contributed by atoms with Gasteiger partial charge in [-0.1, -0.05) is 54.2 Å². The number of hydrazine groups is 1. The minimum absolute atomic E-state index is 0.363. The van der Waals surface area contributed by atoms with Gasteiger partial charge in [0.25, 0.3) is 11.8 Å². The van der Waals surface area contributed by atoms with E-state index in [1.165, 1.54) is 0 Å². The molecule has 0 bridgehead atoms. The van der Waals surface area contributed by atoms with Crippen LogP contribution in [0.5, 0.6) is 0 Å². The Bertz CT molecular complexity index is 1110. The monoisotopic (exact) mass is 402 g/mol. The number of para-hydroxylation sites is 2. The van der Waals surface area contributed by atoms with E-state index in [1.807, 2.05) is 42.5 Å². The number of hydrogen-bond donors (Lipinski definition) is 3. The summed E-state index contributed by atoms with van der Waals surface area (Å²) >= 11 is 1.60. The Kier molecular flexibility index (Phi) is 5.58. The number of fused-ring (bicyclic) bond motifs is 1. The van der Waals surface area contributed by atoms with Gasteiger partial charge in [0.15, 0.2) is 5.16 Å². The summed E-state index contributed by atoms with van der Waals surface area (Å²) in [5.41, 5.74) is 8.82. The molecule has 0 atom stereocenters. The molecule has 0 aliphatic heterocycles. The molecule has 0 aliphatic rings. The van der Waals surface area contributed by atoms with Crippen molar-refractivity contribution in [2.45, 2.75) is 10.9 Å². The normalized spacial score (nSPS) is 10.6. The summed E-state index contributed by atoms with van der Waals surface area (Å²) in [7, 11) is 0. The molecule has 0 fully saturated rings. The third-order valence-corrected chi connectivity index (χ3v) is 5.23. The van der Waals surface area contributed by atoms with Gasteiger partial charge in [0, 0.05) is 16.9 Å². The van der Waals surface area contributed by atoms with Gasteiger partial charge in [-0.3, -0.25) is 20.4 Å². The highest BCUT2D eigenvalue weighted by atomic mass is 32.2. The number of benzene rings is 3. The highest BCUT2D eigenvalue weighted by molar-refractivity contribution is 7.98. The molecule has 0 spiro atoms. The number of carbonyl (C=O) groups excluding carboxylic acids is 2. The van der Waals surface area contributed by atoms with Crippen molar-refractivity contribution >= 4 is 34.6 Å². The Balaban J connectivity index is 1.31. The summed E-state index contributed by atoms with van der Waals surface area (Å²) < 4.78 is 0. The Labute approximate surface area is 171 Å². The van der Waals surface area contributed by atoms with Crippen LogP contribution in [0.4, 0.5) is 0 Å². The van der Waals surface area contributed by atoms with Gasteiger partial charge in [0.1, 0.15) is 0 Å². The fraction of sp³-hybridized carbons (Fsp3) is 0.0455. The number of thioether (sulfide) groups is 1. The Hall–Kier alpha value is -3.58. The van der Waals surface area contributed by atoms with Crippen molar-refractivity contribution in [1.82, 2.24) is 20.8 Å². The van der Waals surface area contributed by atoms with Crippen LogP contribution in [0.15, 0.2) is 84.0 Å². The third kappa shape index (κ3) is 4.64. The lowest BCUT2D eigenvalue weighted by Crippen LogP contribution is -2.41. The first-order valence-electron chi connectivity index (χ1n) is 9.01. The maximum atomic E-state index is 12.2. The molecule has 0 aliphatic carbocycles. The zero-order valence-electron chi connectivity index (χ0n) is 15.4. The van der Waals surface area contributed by atoms with E-state index in [0.29, 0.717) is 11.1 Å². The lowest BCUT2D eigenvalue weighted by Gasteiger charge is -2.08. The first-order chi connectivity index (χ1) is 14.2. The Morgan fingerprint density at radius 2 is 1.41 bits per heavy atom. The molecular formula is C22H18N4O2S. The van der Waals surface area contributed by atoms with E-state index in [4.69, 9.17) is 0 Å². The van der Waals surface area contributed by atoms with Crippen LogP contribution in [-0.4, -0.2) is 21.8 Å². The van der Waals surface area contributed by atoms with Crippen LogP contribution >= 0.6 is 11.8 Å². The Morgan fingerprint density at radius 3 is 2.10 bits per heavy atom. The highest BCUT2D eigenvalue weighted by Crippen LogP contribution is 2.23. The van der Waals surface area contributed by atoms with E-state index in [2.05, 4.69) is 20.8 Å². The predicted octanol–water partition coefficient (Wildman–Crippen LogP) is 3.93. The van der Waals surface area contributed by atoms with E-state index in [1.54, 1.807) is 48.2 Å². The first-order valence-corrected chi connectivity index (χ1v) is 10.00. The molecule has 1 heterocycles.